The molecule has 2 N–H and O–H groups in total. The van der Waals surface area contributed by atoms with Gasteiger partial charge in [-0.2, -0.15) is 0 Å². The van der Waals surface area contributed by atoms with Crippen LogP contribution in [0.15, 0.2) is 47.8 Å². The van der Waals surface area contributed by atoms with Crippen LogP contribution in [-0.2, 0) is 9.59 Å². The Hall–Kier alpha value is -2.87. The van der Waals surface area contributed by atoms with Gasteiger partial charge in [0.15, 0.2) is 10.8 Å². The van der Waals surface area contributed by atoms with Crippen molar-refractivity contribution in [2.45, 2.75) is 50.2 Å². The molecular formula is C22H25N5O2S. The summed E-state index contributed by atoms with van der Waals surface area (Å²) in [4.78, 5) is 33.1. The van der Waals surface area contributed by atoms with E-state index in [2.05, 4.69) is 20.2 Å². The van der Waals surface area contributed by atoms with E-state index >= 15 is 0 Å². The maximum atomic E-state index is 12.6. The van der Waals surface area contributed by atoms with Crippen molar-refractivity contribution in [2.75, 3.05) is 16.4 Å². The van der Waals surface area contributed by atoms with Gasteiger partial charge < -0.3 is 15.2 Å². The molecule has 30 heavy (non-hydrogen) atoms. The van der Waals surface area contributed by atoms with Gasteiger partial charge in [-0.3, -0.25) is 9.59 Å². The number of carbonyl (C=O) groups excluding carboxylic acids is 2. The molecule has 8 heteroatoms. The predicted molar refractivity (Wildman–Crippen MR) is 120 cm³/mol. The monoisotopic (exact) mass is 423 g/mol. The number of pyridine rings is 1. The molecule has 1 fully saturated rings. The zero-order valence-electron chi connectivity index (χ0n) is 16.9. The number of anilines is 2. The van der Waals surface area contributed by atoms with Crippen molar-refractivity contribution < 1.29 is 9.59 Å². The van der Waals surface area contributed by atoms with Crippen molar-refractivity contribution in [3.8, 4) is 0 Å². The lowest BCUT2D eigenvalue weighted by Crippen LogP contribution is -2.17. The topological polar surface area (TPSA) is 88.9 Å². The number of nitrogens with zero attached hydrogens (tertiary/aromatic N) is 3. The second-order valence-corrected chi connectivity index (χ2v) is 8.44. The van der Waals surface area contributed by atoms with E-state index in [4.69, 9.17) is 4.98 Å². The van der Waals surface area contributed by atoms with Crippen LogP contribution in [-0.4, -0.2) is 32.1 Å². The number of imidazole rings is 1. The average molecular weight is 424 g/mol. The number of amides is 2. The number of rotatable bonds is 6. The van der Waals surface area contributed by atoms with Crippen molar-refractivity contribution in [3.63, 3.8) is 0 Å². The molecule has 0 radical (unpaired) electrons. The molecule has 0 unspecified atom stereocenters. The van der Waals surface area contributed by atoms with Crippen molar-refractivity contribution in [3.05, 3.63) is 42.6 Å². The number of benzene rings is 1. The zero-order chi connectivity index (χ0) is 20.9. The fourth-order valence-electron chi connectivity index (χ4n) is 3.88. The van der Waals surface area contributed by atoms with Crippen molar-refractivity contribution in [2.24, 2.45) is 0 Å². The predicted octanol–water partition coefficient (Wildman–Crippen LogP) is 4.63. The first-order valence-electron chi connectivity index (χ1n) is 10.2. The van der Waals surface area contributed by atoms with Crippen LogP contribution in [0.25, 0.3) is 11.2 Å². The lowest BCUT2D eigenvalue weighted by molar-refractivity contribution is -0.114. The van der Waals surface area contributed by atoms with E-state index in [-0.39, 0.29) is 17.6 Å². The van der Waals surface area contributed by atoms with Crippen LogP contribution >= 0.6 is 11.8 Å². The summed E-state index contributed by atoms with van der Waals surface area (Å²) < 4.78 is 2.23. The molecule has 0 bridgehead atoms. The Balaban J connectivity index is 1.47. The van der Waals surface area contributed by atoms with Gasteiger partial charge in [-0.25, -0.2) is 9.97 Å². The molecule has 3 aromatic rings. The van der Waals surface area contributed by atoms with Crippen LogP contribution in [0.5, 0.6) is 0 Å². The van der Waals surface area contributed by atoms with Gasteiger partial charge in [0.1, 0.15) is 5.52 Å². The third-order valence-corrected chi connectivity index (χ3v) is 6.11. The highest BCUT2D eigenvalue weighted by Crippen LogP contribution is 2.34. The van der Waals surface area contributed by atoms with E-state index in [9.17, 15) is 9.59 Å². The van der Waals surface area contributed by atoms with E-state index < -0.39 is 0 Å². The minimum absolute atomic E-state index is 0.116. The summed E-state index contributed by atoms with van der Waals surface area (Å²) in [7, 11) is 0. The molecule has 7 nitrogen and oxygen atoms in total. The molecule has 0 saturated heterocycles. The molecular weight excluding hydrogens is 398 g/mol. The zero-order valence-corrected chi connectivity index (χ0v) is 17.7. The Labute approximate surface area is 179 Å². The first kappa shape index (κ1) is 20.4. The molecule has 156 valence electrons. The van der Waals surface area contributed by atoms with Crippen LogP contribution in [0.2, 0.25) is 0 Å². The summed E-state index contributed by atoms with van der Waals surface area (Å²) in [5.74, 6) is -0.0140. The molecule has 1 aromatic carbocycles. The number of aromatic nitrogens is 3. The lowest BCUT2D eigenvalue weighted by Gasteiger charge is -2.24. The number of hydrogen-bond acceptors (Lipinski definition) is 5. The molecule has 1 saturated carbocycles. The number of fused-ring (bicyclic) bond motifs is 1. The van der Waals surface area contributed by atoms with Crippen molar-refractivity contribution in [1.29, 1.82) is 0 Å². The molecule has 1 aliphatic carbocycles. The summed E-state index contributed by atoms with van der Waals surface area (Å²) in [5, 5.41) is 6.46. The summed E-state index contributed by atoms with van der Waals surface area (Å²) in [6, 6.07) is 11.4. The smallest absolute Gasteiger partial charge is 0.234 e. The van der Waals surface area contributed by atoms with Gasteiger partial charge in [-0.05, 0) is 43.2 Å². The minimum atomic E-state index is -0.149. The second-order valence-electron chi connectivity index (χ2n) is 7.50. The maximum absolute atomic E-state index is 12.6. The quantitative estimate of drug-likeness (QED) is 0.565. The SMILES string of the molecule is CC(=O)Nc1cccc(NC(=O)CSc2nc3cccnc3n2C2CCCCC2)c1. The largest absolute Gasteiger partial charge is 0.326 e. The number of carbonyl (C=O) groups is 2. The number of thioether (sulfide) groups is 1. The lowest BCUT2D eigenvalue weighted by atomic mass is 9.95. The van der Waals surface area contributed by atoms with Gasteiger partial charge in [-0.1, -0.05) is 37.1 Å². The van der Waals surface area contributed by atoms with Crippen molar-refractivity contribution >= 4 is 46.1 Å². The van der Waals surface area contributed by atoms with E-state index in [0.717, 1.165) is 29.2 Å². The number of hydrogen-bond donors (Lipinski definition) is 2. The summed E-state index contributed by atoms with van der Waals surface area (Å²) in [5.41, 5.74) is 3.07. The van der Waals surface area contributed by atoms with Gasteiger partial charge in [0.25, 0.3) is 0 Å². The average Bonchev–Trinajstić information content (AvgIpc) is 3.11. The van der Waals surface area contributed by atoms with E-state index in [0.29, 0.717) is 17.4 Å². The van der Waals surface area contributed by atoms with Crippen LogP contribution in [0, 0.1) is 0 Å². The van der Waals surface area contributed by atoms with E-state index in [1.165, 1.54) is 37.9 Å². The molecule has 2 aromatic heterocycles. The van der Waals surface area contributed by atoms with E-state index in [1.54, 1.807) is 30.5 Å². The molecule has 0 atom stereocenters. The highest BCUT2D eigenvalue weighted by atomic mass is 32.2. The Morgan fingerprint density at radius 2 is 1.87 bits per heavy atom. The highest BCUT2D eigenvalue weighted by molar-refractivity contribution is 7.99. The first-order valence-corrected chi connectivity index (χ1v) is 11.2. The summed E-state index contributed by atoms with van der Waals surface area (Å²) >= 11 is 1.44. The molecule has 0 aliphatic heterocycles. The van der Waals surface area contributed by atoms with Gasteiger partial charge >= 0.3 is 0 Å². The van der Waals surface area contributed by atoms with Gasteiger partial charge in [0.05, 0.1) is 5.75 Å². The second kappa shape index (κ2) is 9.30. The fourth-order valence-corrected chi connectivity index (χ4v) is 4.75. The standard InChI is InChI=1S/C22H25N5O2S/c1-15(28)24-16-7-5-8-17(13-16)25-20(29)14-30-22-26-19-11-6-12-23-21(19)27(22)18-9-3-2-4-10-18/h5-8,11-13,18H,2-4,9-10,14H2,1H3,(H,24,28)(H,25,29). The Morgan fingerprint density at radius 3 is 2.63 bits per heavy atom. The Kier molecular flexibility index (Phi) is 6.32. The maximum Gasteiger partial charge on any atom is 0.234 e. The van der Waals surface area contributed by atoms with Gasteiger partial charge in [0, 0.05) is 30.5 Å². The normalized spacial score (nSPS) is 14.6. The first-order chi connectivity index (χ1) is 14.6. The summed E-state index contributed by atoms with van der Waals surface area (Å²) in [6.07, 6.45) is 7.75. The third-order valence-electron chi connectivity index (χ3n) is 5.16. The van der Waals surface area contributed by atoms with Crippen LogP contribution < -0.4 is 10.6 Å². The Bertz CT molecular complexity index is 1060. The fraction of sp³-hybridized carbons (Fsp3) is 0.364. The Morgan fingerprint density at radius 1 is 1.10 bits per heavy atom. The van der Waals surface area contributed by atoms with Crippen LogP contribution in [0.4, 0.5) is 11.4 Å². The highest BCUT2D eigenvalue weighted by Gasteiger charge is 2.22. The van der Waals surface area contributed by atoms with Crippen molar-refractivity contribution in [1.82, 2.24) is 14.5 Å². The van der Waals surface area contributed by atoms with Gasteiger partial charge in [0.2, 0.25) is 11.8 Å². The van der Waals surface area contributed by atoms with Crippen LogP contribution in [0.1, 0.15) is 45.1 Å². The summed E-state index contributed by atoms with van der Waals surface area (Å²) in [6.45, 7) is 1.45. The number of nitrogens with one attached hydrogen (secondary N) is 2. The van der Waals surface area contributed by atoms with E-state index in [1.807, 2.05) is 12.1 Å². The van der Waals surface area contributed by atoms with Crippen LogP contribution in [0.3, 0.4) is 0 Å². The molecule has 2 heterocycles. The third kappa shape index (κ3) is 4.81. The minimum Gasteiger partial charge on any atom is -0.326 e. The van der Waals surface area contributed by atoms with Gasteiger partial charge in [-0.15, -0.1) is 0 Å². The molecule has 4 rings (SSSR count). The molecule has 1 aliphatic rings. The molecule has 2 amide bonds. The molecule has 0 spiro atoms.